The molecule has 3 amide bonds. The SMILES string of the molecule is Cc1ccc(N2C(=O)C[C@H](N3C(=O)/C(=C\C=C/c4ccccc4)SC3=S)C2=O)cc1. The minimum Gasteiger partial charge on any atom is -0.280 e. The lowest BCUT2D eigenvalue weighted by molar-refractivity contribution is -0.130. The highest BCUT2D eigenvalue weighted by atomic mass is 32.2. The molecule has 4 rings (SSSR count). The highest BCUT2D eigenvalue weighted by Gasteiger charge is 2.48. The predicted octanol–water partition coefficient (Wildman–Crippen LogP) is 4.08. The number of amides is 3. The molecule has 0 aliphatic carbocycles. The number of allylic oxidation sites excluding steroid dienone is 2. The molecule has 30 heavy (non-hydrogen) atoms. The molecule has 2 heterocycles. The summed E-state index contributed by atoms with van der Waals surface area (Å²) >= 11 is 6.50. The van der Waals surface area contributed by atoms with Gasteiger partial charge in [-0.3, -0.25) is 19.3 Å². The predicted molar refractivity (Wildman–Crippen MR) is 123 cm³/mol. The van der Waals surface area contributed by atoms with Crippen LogP contribution in [-0.4, -0.2) is 33.0 Å². The summed E-state index contributed by atoms with van der Waals surface area (Å²) in [6.07, 6.45) is 5.27. The van der Waals surface area contributed by atoms with Crippen LogP contribution in [0.25, 0.3) is 6.08 Å². The lowest BCUT2D eigenvalue weighted by Gasteiger charge is -2.21. The maximum absolute atomic E-state index is 13.0. The van der Waals surface area contributed by atoms with E-state index in [0.717, 1.165) is 27.8 Å². The van der Waals surface area contributed by atoms with Crippen molar-refractivity contribution in [1.82, 2.24) is 4.90 Å². The average Bonchev–Trinajstić information content (AvgIpc) is 3.18. The first-order valence-corrected chi connectivity index (χ1v) is 10.6. The van der Waals surface area contributed by atoms with Crippen molar-refractivity contribution in [2.75, 3.05) is 4.90 Å². The van der Waals surface area contributed by atoms with Crippen molar-refractivity contribution in [3.63, 3.8) is 0 Å². The summed E-state index contributed by atoms with van der Waals surface area (Å²) < 4.78 is 0.288. The molecule has 2 fully saturated rings. The standard InChI is InChI=1S/C23H18N2O3S2/c1-15-10-12-17(13-11-15)24-20(26)14-18(21(24)27)25-22(28)19(30-23(25)29)9-5-8-16-6-3-2-4-7-16/h2-13,18H,14H2,1H3/b8-5-,19-9+/t18-/m0/s1. The fourth-order valence-electron chi connectivity index (χ4n) is 3.36. The Kier molecular flexibility index (Phi) is 5.65. The van der Waals surface area contributed by atoms with E-state index >= 15 is 0 Å². The van der Waals surface area contributed by atoms with Crippen molar-refractivity contribution in [3.05, 3.63) is 82.8 Å². The van der Waals surface area contributed by atoms with E-state index in [1.54, 1.807) is 24.3 Å². The molecule has 1 atom stereocenters. The molecule has 0 saturated carbocycles. The lowest BCUT2D eigenvalue weighted by Crippen LogP contribution is -2.44. The van der Waals surface area contributed by atoms with Crippen LogP contribution < -0.4 is 4.90 Å². The summed E-state index contributed by atoms with van der Waals surface area (Å²) in [6, 6.07) is 15.9. The lowest BCUT2D eigenvalue weighted by atomic mass is 10.2. The second-order valence-corrected chi connectivity index (χ2v) is 8.64. The van der Waals surface area contributed by atoms with Gasteiger partial charge in [0.15, 0.2) is 0 Å². The van der Waals surface area contributed by atoms with Gasteiger partial charge in [-0.1, -0.05) is 84.2 Å². The summed E-state index contributed by atoms with van der Waals surface area (Å²) in [7, 11) is 0. The highest BCUT2D eigenvalue weighted by molar-refractivity contribution is 8.26. The zero-order chi connectivity index (χ0) is 21.3. The first kappa shape index (κ1) is 20.3. The molecule has 5 nitrogen and oxygen atoms in total. The number of benzene rings is 2. The van der Waals surface area contributed by atoms with E-state index in [1.165, 1.54) is 4.90 Å². The van der Waals surface area contributed by atoms with Gasteiger partial charge in [-0.05, 0) is 30.7 Å². The van der Waals surface area contributed by atoms with Crippen LogP contribution in [0, 0.1) is 6.92 Å². The molecule has 0 bridgehead atoms. The number of aryl methyl sites for hydroxylation is 1. The summed E-state index contributed by atoms with van der Waals surface area (Å²) in [5, 5.41) is 0. The van der Waals surface area contributed by atoms with Crippen molar-refractivity contribution in [3.8, 4) is 0 Å². The van der Waals surface area contributed by atoms with E-state index in [4.69, 9.17) is 12.2 Å². The van der Waals surface area contributed by atoms with E-state index in [2.05, 4.69) is 0 Å². The molecule has 7 heteroatoms. The van der Waals surface area contributed by atoms with E-state index in [1.807, 2.05) is 55.5 Å². The van der Waals surface area contributed by atoms with Crippen LogP contribution in [0.1, 0.15) is 17.5 Å². The van der Waals surface area contributed by atoms with Gasteiger partial charge in [0.25, 0.3) is 11.8 Å². The number of hydrogen-bond donors (Lipinski definition) is 0. The Morgan fingerprint density at radius 3 is 2.43 bits per heavy atom. The zero-order valence-electron chi connectivity index (χ0n) is 16.1. The largest absolute Gasteiger partial charge is 0.280 e. The maximum Gasteiger partial charge on any atom is 0.266 e. The average molecular weight is 435 g/mol. The normalized spacial score (nSPS) is 21.0. The van der Waals surface area contributed by atoms with Crippen molar-refractivity contribution in [2.45, 2.75) is 19.4 Å². The number of nitrogens with zero attached hydrogens (tertiary/aromatic N) is 2. The van der Waals surface area contributed by atoms with Gasteiger partial charge >= 0.3 is 0 Å². The van der Waals surface area contributed by atoms with Gasteiger partial charge in [-0.2, -0.15) is 0 Å². The van der Waals surface area contributed by atoms with Crippen molar-refractivity contribution >= 4 is 57.8 Å². The number of thioether (sulfide) groups is 1. The van der Waals surface area contributed by atoms with Crippen molar-refractivity contribution < 1.29 is 14.4 Å². The Bertz CT molecular complexity index is 1090. The van der Waals surface area contributed by atoms with E-state index in [0.29, 0.717) is 10.6 Å². The van der Waals surface area contributed by atoms with Crippen LogP contribution in [0.15, 0.2) is 71.7 Å². The van der Waals surface area contributed by atoms with E-state index in [9.17, 15) is 14.4 Å². The molecule has 0 spiro atoms. The van der Waals surface area contributed by atoms with Gasteiger partial charge in [0, 0.05) is 0 Å². The summed E-state index contributed by atoms with van der Waals surface area (Å²) in [5.41, 5.74) is 2.54. The number of anilines is 1. The van der Waals surface area contributed by atoms with Gasteiger partial charge in [0.05, 0.1) is 17.0 Å². The molecule has 2 aliphatic rings. The molecule has 0 aromatic heterocycles. The summed E-state index contributed by atoms with van der Waals surface area (Å²) in [6.45, 7) is 1.93. The fourth-order valence-corrected chi connectivity index (χ4v) is 4.66. The van der Waals surface area contributed by atoms with Crippen LogP contribution in [-0.2, 0) is 14.4 Å². The number of carbonyl (C=O) groups excluding carboxylic acids is 3. The fraction of sp³-hybridized carbons (Fsp3) is 0.130. The van der Waals surface area contributed by atoms with Crippen LogP contribution >= 0.6 is 24.0 Å². The van der Waals surface area contributed by atoms with Gasteiger partial charge < -0.3 is 0 Å². The third-order valence-corrected chi connectivity index (χ3v) is 6.23. The molecular formula is C23H18N2O3S2. The number of imide groups is 1. The second kappa shape index (κ2) is 8.38. The molecule has 2 aliphatic heterocycles. The first-order valence-electron chi connectivity index (χ1n) is 9.38. The summed E-state index contributed by atoms with van der Waals surface area (Å²) in [5.74, 6) is -1.11. The molecule has 0 unspecified atom stereocenters. The van der Waals surface area contributed by atoms with Gasteiger partial charge in [-0.25, -0.2) is 4.90 Å². The Balaban J connectivity index is 1.53. The Labute approximate surface area is 184 Å². The zero-order valence-corrected chi connectivity index (χ0v) is 17.8. The topological polar surface area (TPSA) is 57.7 Å². The van der Waals surface area contributed by atoms with Gasteiger partial charge in [-0.15, -0.1) is 0 Å². The highest BCUT2D eigenvalue weighted by Crippen LogP contribution is 2.36. The monoisotopic (exact) mass is 434 g/mol. The van der Waals surface area contributed by atoms with Crippen molar-refractivity contribution in [2.24, 2.45) is 0 Å². The molecular weight excluding hydrogens is 416 g/mol. The smallest absolute Gasteiger partial charge is 0.266 e. The minimum atomic E-state index is -0.907. The van der Waals surface area contributed by atoms with E-state index in [-0.39, 0.29) is 22.6 Å². The maximum atomic E-state index is 13.0. The van der Waals surface area contributed by atoms with Crippen LogP contribution in [0.4, 0.5) is 5.69 Å². The third kappa shape index (κ3) is 3.86. The molecule has 150 valence electrons. The number of thiocarbonyl (C=S) groups is 1. The minimum absolute atomic E-state index is 0.0771. The first-order chi connectivity index (χ1) is 14.5. The van der Waals surface area contributed by atoms with Crippen LogP contribution in [0.5, 0.6) is 0 Å². The third-order valence-electron chi connectivity index (χ3n) is 4.89. The molecule has 2 saturated heterocycles. The Hall–Kier alpha value is -3.03. The van der Waals surface area contributed by atoms with Crippen LogP contribution in [0.3, 0.4) is 0 Å². The Morgan fingerprint density at radius 2 is 1.73 bits per heavy atom. The number of carbonyl (C=O) groups is 3. The number of rotatable bonds is 4. The van der Waals surface area contributed by atoms with Crippen molar-refractivity contribution in [1.29, 1.82) is 0 Å². The van der Waals surface area contributed by atoms with E-state index < -0.39 is 11.9 Å². The Morgan fingerprint density at radius 1 is 1.03 bits per heavy atom. The molecule has 2 aromatic carbocycles. The number of hydrogen-bond acceptors (Lipinski definition) is 5. The molecule has 2 aromatic rings. The van der Waals surface area contributed by atoms with Gasteiger partial charge in [0.1, 0.15) is 10.4 Å². The van der Waals surface area contributed by atoms with Crippen LogP contribution in [0.2, 0.25) is 0 Å². The second-order valence-electron chi connectivity index (χ2n) is 6.97. The quantitative estimate of drug-likeness (QED) is 0.412. The molecule has 0 radical (unpaired) electrons. The summed E-state index contributed by atoms with van der Waals surface area (Å²) in [4.78, 5) is 41.3. The molecule has 0 N–H and O–H groups in total. The van der Waals surface area contributed by atoms with Gasteiger partial charge in [0.2, 0.25) is 5.91 Å².